The van der Waals surface area contributed by atoms with Crippen LogP contribution in [0.3, 0.4) is 0 Å². The van der Waals surface area contributed by atoms with Gasteiger partial charge in [0.2, 0.25) is 0 Å². The summed E-state index contributed by atoms with van der Waals surface area (Å²) in [7, 11) is 0. The highest BCUT2D eigenvalue weighted by atomic mass is 14.1. The first-order valence-electron chi connectivity index (χ1n) is 32.5. The minimum Gasteiger partial charge on any atom is -0.0620 e. The summed E-state index contributed by atoms with van der Waals surface area (Å²) < 4.78 is 0. The van der Waals surface area contributed by atoms with Gasteiger partial charge < -0.3 is 0 Å². The van der Waals surface area contributed by atoms with E-state index in [4.69, 9.17) is 0 Å². The van der Waals surface area contributed by atoms with Crippen LogP contribution in [0.25, 0.3) is 0 Å². The second kappa shape index (κ2) is 44.2. The molecule has 0 aliphatic heterocycles. The van der Waals surface area contributed by atoms with Gasteiger partial charge in [0.15, 0.2) is 0 Å². The van der Waals surface area contributed by atoms with Crippen LogP contribution in [-0.2, 0) is 122 Å². The van der Waals surface area contributed by atoms with Crippen LogP contribution in [0.2, 0.25) is 0 Å². The molecule has 0 unspecified atom stereocenters. The molecule has 0 aliphatic carbocycles. The molecule has 0 aromatic heterocycles. The van der Waals surface area contributed by atoms with Crippen molar-refractivity contribution in [3.8, 4) is 0 Å². The average Bonchev–Trinajstić information content (AvgIpc) is 3.54. The quantitative estimate of drug-likeness (QED) is 0.0757. The van der Waals surface area contributed by atoms with Gasteiger partial charge in [0.1, 0.15) is 0 Å². The summed E-state index contributed by atoms with van der Waals surface area (Å²) in [4.78, 5) is 0. The number of rotatable bonds is 19. The van der Waals surface area contributed by atoms with Gasteiger partial charge in [0.25, 0.3) is 0 Å². The lowest BCUT2D eigenvalue weighted by atomic mass is 9.92. The monoisotopic (exact) mass is 1080 g/mol. The highest BCUT2D eigenvalue weighted by molar-refractivity contribution is 5.40. The Hall–Kier alpha value is -5.46. The van der Waals surface area contributed by atoms with Crippen molar-refractivity contribution in [2.75, 3.05) is 0 Å². The minimum absolute atomic E-state index is 1.14. The Labute approximate surface area is 496 Å². The van der Waals surface area contributed by atoms with Crippen LogP contribution in [0.15, 0.2) is 140 Å². The van der Waals surface area contributed by atoms with E-state index in [9.17, 15) is 0 Å². The van der Waals surface area contributed by atoms with Crippen molar-refractivity contribution in [3.63, 3.8) is 0 Å². The Morgan fingerprint density at radius 3 is 0.700 bits per heavy atom. The largest absolute Gasteiger partial charge is 0.0620 e. The number of aryl methyl sites for hydroxylation is 17. The zero-order valence-electron chi connectivity index (χ0n) is 55.2. The molecule has 0 atom stereocenters. The fraction of sp³-hybridized carbons (Fsp3) is 0.475. The van der Waals surface area contributed by atoms with Gasteiger partial charge in [-0.1, -0.05) is 271 Å². The first-order chi connectivity index (χ1) is 38.8. The Morgan fingerprint density at radius 2 is 0.388 bits per heavy atom. The molecular weight excluding hydrogens is 961 g/mol. The Kier molecular flexibility index (Phi) is 40.1. The SMILES string of the molecule is CCc1cc(CC)c(CC)c(CC)c1.CCc1cc(CC)cc(CC)c1.CCc1ccc(CC)c(CC)c1.CCc1ccc(CC)cc1.CCc1cccc(CC)c1.CCc1cccc(CC)c1CC.CCc1ccccc1CC. The van der Waals surface area contributed by atoms with Crippen molar-refractivity contribution in [1.29, 1.82) is 0 Å². The lowest BCUT2D eigenvalue weighted by molar-refractivity contribution is 0.962. The summed E-state index contributed by atoms with van der Waals surface area (Å²) in [6, 6.07) is 51.5. The zero-order chi connectivity index (χ0) is 59.7. The van der Waals surface area contributed by atoms with Crippen LogP contribution in [0.5, 0.6) is 0 Å². The fourth-order valence-corrected chi connectivity index (χ4v) is 10.3. The van der Waals surface area contributed by atoms with Crippen molar-refractivity contribution in [2.45, 2.75) is 254 Å². The molecule has 0 nitrogen and oxygen atoms in total. The van der Waals surface area contributed by atoms with E-state index in [0.717, 1.165) is 96.3 Å². The number of hydrogen-bond acceptors (Lipinski definition) is 0. The second-order valence-electron chi connectivity index (χ2n) is 20.8. The van der Waals surface area contributed by atoms with Crippen molar-refractivity contribution in [3.05, 3.63) is 245 Å². The molecule has 0 saturated carbocycles. The number of benzene rings is 7. The predicted molar refractivity (Wildman–Crippen MR) is 363 cm³/mol. The van der Waals surface area contributed by atoms with E-state index in [-0.39, 0.29) is 0 Å². The Balaban J connectivity index is 0.000000468. The molecule has 0 amide bonds. The van der Waals surface area contributed by atoms with Crippen LogP contribution in [0.1, 0.15) is 237 Å². The zero-order valence-corrected chi connectivity index (χ0v) is 55.2. The van der Waals surface area contributed by atoms with Crippen LogP contribution in [-0.4, -0.2) is 0 Å². The maximum Gasteiger partial charge on any atom is -0.0302 e. The van der Waals surface area contributed by atoms with Crippen LogP contribution >= 0.6 is 0 Å². The van der Waals surface area contributed by atoms with E-state index in [1.165, 1.54) is 109 Å². The van der Waals surface area contributed by atoms with Gasteiger partial charge in [-0.2, -0.15) is 0 Å². The molecule has 0 radical (unpaired) electrons. The highest BCUT2D eigenvalue weighted by Gasteiger charge is 2.07. The van der Waals surface area contributed by atoms with E-state index in [2.05, 4.69) is 271 Å². The van der Waals surface area contributed by atoms with Gasteiger partial charge in [-0.05, 0) is 228 Å². The number of hydrogen-bond donors (Lipinski definition) is 0. The molecule has 0 aliphatic rings. The van der Waals surface area contributed by atoms with Gasteiger partial charge in [0.05, 0.1) is 0 Å². The first-order valence-corrected chi connectivity index (χ1v) is 32.5. The average molecular weight is 1080 g/mol. The van der Waals surface area contributed by atoms with Crippen LogP contribution in [0.4, 0.5) is 0 Å². The molecule has 438 valence electrons. The van der Waals surface area contributed by atoms with Crippen molar-refractivity contribution in [1.82, 2.24) is 0 Å². The topological polar surface area (TPSA) is 0 Å². The third kappa shape index (κ3) is 26.4. The van der Waals surface area contributed by atoms with Crippen LogP contribution in [0, 0.1) is 0 Å². The summed E-state index contributed by atoms with van der Waals surface area (Å²) in [6.07, 6.45) is 22.0. The van der Waals surface area contributed by atoms with Gasteiger partial charge >= 0.3 is 0 Å². The van der Waals surface area contributed by atoms with Gasteiger partial charge in [0, 0.05) is 0 Å². The second-order valence-corrected chi connectivity index (χ2v) is 20.8. The van der Waals surface area contributed by atoms with E-state index in [1.807, 2.05) is 0 Å². The van der Waals surface area contributed by atoms with E-state index >= 15 is 0 Å². The molecule has 0 bridgehead atoms. The molecule has 0 saturated heterocycles. The molecule has 0 spiro atoms. The fourth-order valence-electron chi connectivity index (χ4n) is 10.3. The normalized spacial score (nSPS) is 10.1. The molecule has 7 aromatic carbocycles. The van der Waals surface area contributed by atoms with Crippen molar-refractivity contribution >= 4 is 0 Å². The standard InChI is InChI=1S/C14H22.3C12H18.3C10H14/c1-5-11-9-12(6-2)14(8-4)13(7-3)10-11;1-4-10-7-11(5-2)9-12(6-3)8-10;1-4-10-7-8-11(5-2)12(6-3)9-10;1-4-10-8-7-9-11(5-2)12(10)6-3;1-3-9-5-7-10(4-2)8-6-9;1-3-9-6-5-7-10(4-2)8-9;1-3-9-7-5-6-8-10(9)4-2/h9-10H,5-8H2,1-4H3;3*7-9H,4-6H2,1-3H3;3*5-8H,3-4H2,1-2H3. The molecule has 0 fully saturated rings. The van der Waals surface area contributed by atoms with Gasteiger partial charge in [-0.3, -0.25) is 0 Å². The summed E-state index contributed by atoms with van der Waals surface area (Å²) >= 11 is 0. The third-order valence-corrected chi connectivity index (χ3v) is 15.8. The van der Waals surface area contributed by atoms with Crippen molar-refractivity contribution in [2.24, 2.45) is 0 Å². The summed E-state index contributed by atoms with van der Waals surface area (Å²) in [6.45, 7) is 42.2. The maximum atomic E-state index is 2.39. The highest BCUT2D eigenvalue weighted by Crippen LogP contribution is 2.21. The summed E-state index contributed by atoms with van der Waals surface area (Å²) in [5.74, 6) is 0. The van der Waals surface area contributed by atoms with E-state index < -0.39 is 0 Å². The molecule has 0 N–H and O–H groups in total. The lowest BCUT2D eigenvalue weighted by Gasteiger charge is -2.13. The van der Waals surface area contributed by atoms with Gasteiger partial charge in [-0.15, -0.1) is 0 Å². The smallest absolute Gasteiger partial charge is 0.0302 e. The van der Waals surface area contributed by atoms with Crippen LogP contribution < -0.4 is 0 Å². The Bertz CT molecular complexity index is 2500. The molecular formula is C80H118. The molecule has 0 heterocycles. The van der Waals surface area contributed by atoms with Crippen molar-refractivity contribution < 1.29 is 0 Å². The van der Waals surface area contributed by atoms with E-state index in [1.54, 1.807) is 22.3 Å². The molecule has 7 rings (SSSR count). The molecule has 7 aromatic rings. The predicted octanol–water partition coefficient (Wildman–Crippen LogP) is 22.5. The molecule has 80 heavy (non-hydrogen) atoms. The molecule has 0 heteroatoms. The summed E-state index contributed by atoms with van der Waals surface area (Å²) in [5, 5.41) is 0. The third-order valence-electron chi connectivity index (χ3n) is 15.8. The summed E-state index contributed by atoms with van der Waals surface area (Å²) in [5.41, 5.74) is 28.5. The first kappa shape index (κ1) is 72.6. The van der Waals surface area contributed by atoms with Gasteiger partial charge in [-0.25, -0.2) is 0 Å². The maximum absolute atomic E-state index is 2.39. The van der Waals surface area contributed by atoms with E-state index in [0.29, 0.717) is 0 Å². The Morgan fingerprint density at radius 1 is 0.150 bits per heavy atom. The minimum atomic E-state index is 1.14. The lowest BCUT2D eigenvalue weighted by Crippen LogP contribution is -1.99.